The van der Waals surface area contributed by atoms with Crippen LogP contribution < -0.4 is 10.1 Å². The maximum atomic E-state index is 12.3. The van der Waals surface area contributed by atoms with Crippen LogP contribution in [0.4, 0.5) is 14.6 Å². The van der Waals surface area contributed by atoms with Gasteiger partial charge in [0.15, 0.2) is 0 Å². The van der Waals surface area contributed by atoms with Crippen molar-refractivity contribution in [2.24, 2.45) is 0 Å². The second-order valence-electron chi connectivity index (χ2n) is 6.11. The van der Waals surface area contributed by atoms with E-state index in [9.17, 15) is 13.6 Å². The first kappa shape index (κ1) is 18.6. The molecule has 3 rings (SSSR count). The quantitative estimate of drug-likeness (QED) is 0.682. The van der Waals surface area contributed by atoms with Gasteiger partial charge in [-0.1, -0.05) is 42.0 Å². The first-order valence-electron chi connectivity index (χ1n) is 8.40. The Morgan fingerprint density at radius 3 is 2.63 bits per heavy atom. The zero-order valence-electron chi connectivity index (χ0n) is 14.7. The summed E-state index contributed by atoms with van der Waals surface area (Å²) in [5, 5.41) is 7.09. The van der Waals surface area contributed by atoms with Gasteiger partial charge < -0.3 is 10.1 Å². The van der Waals surface area contributed by atoms with Crippen LogP contribution in [0.5, 0.6) is 5.75 Å². The predicted octanol–water partition coefficient (Wildman–Crippen LogP) is 4.02. The summed E-state index contributed by atoms with van der Waals surface area (Å²) in [7, 11) is 0. The largest absolute Gasteiger partial charge is 0.435 e. The van der Waals surface area contributed by atoms with E-state index >= 15 is 0 Å². The lowest BCUT2D eigenvalue weighted by atomic mass is 10.1. The van der Waals surface area contributed by atoms with E-state index in [4.69, 9.17) is 0 Å². The Morgan fingerprint density at radius 2 is 1.93 bits per heavy atom. The van der Waals surface area contributed by atoms with Gasteiger partial charge in [-0.15, -0.1) is 0 Å². The van der Waals surface area contributed by atoms with Gasteiger partial charge in [0.05, 0.1) is 19.2 Å². The minimum absolute atomic E-state index is 0.0605. The van der Waals surface area contributed by atoms with Gasteiger partial charge in [-0.05, 0) is 30.2 Å². The van der Waals surface area contributed by atoms with Gasteiger partial charge in [0.1, 0.15) is 11.6 Å². The van der Waals surface area contributed by atoms with Crippen LogP contribution in [0, 0.1) is 6.92 Å². The molecule has 0 unspecified atom stereocenters. The van der Waals surface area contributed by atoms with E-state index in [-0.39, 0.29) is 18.1 Å². The number of nitrogens with one attached hydrogen (secondary N) is 1. The summed E-state index contributed by atoms with van der Waals surface area (Å²) in [5.41, 5.74) is 2.94. The van der Waals surface area contributed by atoms with E-state index in [0.717, 1.165) is 11.1 Å². The van der Waals surface area contributed by atoms with E-state index < -0.39 is 6.61 Å². The third-order valence-corrected chi connectivity index (χ3v) is 3.91. The van der Waals surface area contributed by atoms with Crippen molar-refractivity contribution < 1.29 is 18.3 Å². The summed E-state index contributed by atoms with van der Waals surface area (Å²) in [4.78, 5) is 12.3. The van der Waals surface area contributed by atoms with Crippen molar-refractivity contribution in [1.82, 2.24) is 9.78 Å². The highest BCUT2D eigenvalue weighted by atomic mass is 19.3. The fraction of sp³-hybridized carbons (Fsp3) is 0.200. The van der Waals surface area contributed by atoms with E-state index in [0.29, 0.717) is 17.9 Å². The predicted molar refractivity (Wildman–Crippen MR) is 97.9 cm³/mol. The van der Waals surface area contributed by atoms with Gasteiger partial charge in [-0.25, -0.2) is 4.68 Å². The summed E-state index contributed by atoms with van der Waals surface area (Å²) in [5.74, 6) is 0.438. The summed E-state index contributed by atoms with van der Waals surface area (Å²) >= 11 is 0. The average molecular weight is 371 g/mol. The Labute approximate surface area is 155 Å². The number of carbonyl (C=O) groups excluding carboxylic acids is 1. The number of carbonyl (C=O) groups is 1. The molecule has 0 spiro atoms. The Morgan fingerprint density at radius 1 is 1.15 bits per heavy atom. The Bertz CT molecular complexity index is 908. The number of anilines is 1. The number of rotatable bonds is 7. The van der Waals surface area contributed by atoms with Crippen LogP contribution in [0.3, 0.4) is 0 Å². The topological polar surface area (TPSA) is 56.2 Å². The number of alkyl halides is 2. The van der Waals surface area contributed by atoms with Gasteiger partial charge in [-0.3, -0.25) is 4.79 Å². The summed E-state index contributed by atoms with van der Waals surface area (Å²) in [6.45, 7) is -0.301. The molecule has 0 fully saturated rings. The highest BCUT2D eigenvalue weighted by molar-refractivity contribution is 5.91. The standard InChI is InChI=1S/C20H19F2N3O2/c1-14-3-2-4-16(11-14)13-25-18(9-10-23-25)24-19(26)12-15-5-7-17(8-6-15)27-20(21)22/h2-11,20H,12-13H2,1H3,(H,24,26). The second-order valence-corrected chi connectivity index (χ2v) is 6.11. The van der Waals surface area contributed by atoms with Crippen molar-refractivity contribution >= 4 is 11.7 Å². The van der Waals surface area contributed by atoms with E-state index in [1.165, 1.54) is 12.1 Å². The van der Waals surface area contributed by atoms with Crippen molar-refractivity contribution in [2.75, 3.05) is 5.32 Å². The second kappa shape index (κ2) is 8.44. The third kappa shape index (κ3) is 5.37. The SMILES string of the molecule is Cc1cccc(Cn2nccc2NC(=O)Cc2ccc(OC(F)F)cc2)c1. The van der Waals surface area contributed by atoms with Crippen LogP contribution in [0.1, 0.15) is 16.7 Å². The molecule has 0 saturated heterocycles. The van der Waals surface area contributed by atoms with Crippen molar-refractivity contribution in [3.63, 3.8) is 0 Å². The average Bonchev–Trinajstić information content (AvgIpc) is 3.03. The molecule has 5 nitrogen and oxygen atoms in total. The van der Waals surface area contributed by atoms with Crippen molar-refractivity contribution in [3.8, 4) is 5.75 Å². The number of aromatic nitrogens is 2. The van der Waals surface area contributed by atoms with Crippen molar-refractivity contribution in [2.45, 2.75) is 26.5 Å². The molecule has 7 heteroatoms. The molecule has 0 bridgehead atoms. The van der Waals surface area contributed by atoms with Crippen LogP contribution >= 0.6 is 0 Å². The number of halogens is 2. The lowest BCUT2D eigenvalue weighted by Gasteiger charge is -2.10. The number of ether oxygens (including phenoxy) is 1. The summed E-state index contributed by atoms with van der Waals surface area (Å²) in [6.07, 6.45) is 1.74. The van der Waals surface area contributed by atoms with Gasteiger partial charge >= 0.3 is 6.61 Å². The number of benzene rings is 2. The molecular weight excluding hydrogens is 352 g/mol. The van der Waals surface area contributed by atoms with Crippen LogP contribution in [0.2, 0.25) is 0 Å². The van der Waals surface area contributed by atoms with E-state index in [1.807, 2.05) is 25.1 Å². The maximum Gasteiger partial charge on any atom is 0.387 e. The lowest BCUT2D eigenvalue weighted by Crippen LogP contribution is -2.18. The Balaban J connectivity index is 1.61. The van der Waals surface area contributed by atoms with Gasteiger partial charge in [-0.2, -0.15) is 13.9 Å². The van der Waals surface area contributed by atoms with Crippen LogP contribution in [-0.4, -0.2) is 22.3 Å². The molecule has 0 atom stereocenters. The molecule has 1 N–H and O–H groups in total. The van der Waals surface area contributed by atoms with E-state index in [1.54, 1.807) is 29.1 Å². The number of nitrogens with zero attached hydrogens (tertiary/aromatic N) is 2. The smallest absolute Gasteiger partial charge is 0.387 e. The molecule has 0 aliphatic carbocycles. The van der Waals surface area contributed by atoms with Crippen molar-refractivity contribution in [1.29, 1.82) is 0 Å². The Hall–Kier alpha value is -3.22. The molecule has 0 aliphatic rings. The molecule has 27 heavy (non-hydrogen) atoms. The zero-order valence-corrected chi connectivity index (χ0v) is 14.7. The third-order valence-electron chi connectivity index (χ3n) is 3.91. The highest BCUT2D eigenvalue weighted by Gasteiger charge is 2.10. The van der Waals surface area contributed by atoms with Gasteiger partial charge in [0.25, 0.3) is 0 Å². The zero-order chi connectivity index (χ0) is 19.2. The molecular formula is C20H19F2N3O2. The maximum absolute atomic E-state index is 12.3. The summed E-state index contributed by atoms with van der Waals surface area (Å²) in [6, 6.07) is 15.8. The number of hydrogen-bond acceptors (Lipinski definition) is 3. The molecule has 1 heterocycles. The first-order chi connectivity index (χ1) is 13.0. The molecule has 3 aromatic rings. The van der Waals surface area contributed by atoms with E-state index in [2.05, 4.69) is 21.2 Å². The fourth-order valence-electron chi connectivity index (χ4n) is 2.71. The summed E-state index contributed by atoms with van der Waals surface area (Å²) < 4.78 is 30.3. The normalized spacial score (nSPS) is 10.8. The molecule has 1 amide bonds. The molecule has 140 valence electrons. The minimum atomic E-state index is -2.87. The first-order valence-corrected chi connectivity index (χ1v) is 8.40. The Kier molecular flexibility index (Phi) is 5.80. The fourth-order valence-corrected chi connectivity index (χ4v) is 2.71. The number of hydrogen-bond donors (Lipinski definition) is 1. The minimum Gasteiger partial charge on any atom is -0.435 e. The lowest BCUT2D eigenvalue weighted by molar-refractivity contribution is -0.115. The number of amides is 1. The van der Waals surface area contributed by atoms with Crippen molar-refractivity contribution in [3.05, 3.63) is 77.5 Å². The molecule has 0 saturated carbocycles. The van der Waals surface area contributed by atoms with Gasteiger partial charge in [0.2, 0.25) is 5.91 Å². The highest BCUT2D eigenvalue weighted by Crippen LogP contribution is 2.16. The van der Waals surface area contributed by atoms with Crippen LogP contribution in [0.25, 0.3) is 0 Å². The van der Waals surface area contributed by atoms with Gasteiger partial charge in [0, 0.05) is 6.07 Å². The monoisotopic (exact) mass is 371 g/mol. The molecule has 0 aliphatic heterocycles. The molecule has 1 aromatic heterocycles. The molecule has 0 radical (unpaired) electrons. The van der Waals surface area contributed by atoms with Crippen LogP contribution in [-0.2, 0) is 17.8 Å². The molecule has 2 aromatic carbocycles. The number of aryl methyl sites for hydroxylation is 1. The van der Waals surface area contributed by atoms with Crippen LogP contribution in [0.15, 0.2) is 60.8 Å².